The number of hydrogen-bond donors (Lipinski definition) is 4. The number of rotatable bonds is 10. The third-order valence-corrected chi connectivity index (χ3v) is 12.3. The van der Waals surface area contributed by atoms with Crippen LogP contribution >= 0.6 is 0 Å². The fourth-order valence-corrected chi connectivity index (χ4v) is 9.12. The van der Waals surface area contributed by atoms with Gasteiger partial charge < -0.3 is 63.3 Å². The number of H-pyrrole nitrogens is 2. The number of likely N-dealkylation sites (N-methyl/N-ethyl adjacent to an activating group) is 1. The molecule has 5 rings (SSSR count). The van der Waals surface area contributed by atoms with Crippen LogP contribution in [0.1, 0.15) is 95.1 Å². The van der Waals surface area contributed by atoms with Gasteiger partial charge in [-0.1, -0.05) is 20.8 Å². The topological polar surface area (TPSA) is 203 Å². The van der Waals surface area contributed by atoms with Gasteiger partial charge in [-0.05, 0) is 84.8 Å². The lowest BCUT2D eigenvalue weighted by atomic mass is 9.77. The Balaban J connectivity index is 1.52. The standard InChI is InChI=1S/C43H67N5O12/c1-24-21-42(6,53)36(60-41-35(31(47(8)9)20-25(2)55-41)58-39(51)29-14-12-17-44-29)26(3)34(27(4)38(50)46-19-16-32(49)48(10)23-24)57-33-22-43(7,54-11)37(28(5)56-33)59-40(52)30-15-13-18-45-30/h12-15,17-18,24-28,31,33-37,41,44-45,53H,16,19-23H2,1-11H3,(H,46,50)/t24-,25-,26+,27-,28+,31+,33+,34+,35-,36-,37+,41+,42-,43-/m1/s1. The maximum Gasteiger partial charge on any atom is 0.355 e. The summed E-state index contributed by atoms with van der Waals surface area (Å²) in [5.41, 5.74) is -2.15. The monoisotopic (exact) mass is 845 g/mol. The summed E-state index contributed by atoms with van der Waals surface area (Å²) in [5, 5.41) is 15.6. The van der Waals surface area contributed by atoms with Crippen LogP contribution in [0.2, 0.25) is 0 Å². The van der Waals surface area contributed by atoms with Crippen LogP contribution < -0.4 is 5.32 Å². The van der Waals surface area contributed by atoms with Crippen molar-refractivity contribution in [1.82, 2.24) is 25.1 Å². The van der Waals surface area contributed by atoms with E-state index in [-0.39, 0.29) is 67.1 Å². The smallest absolute Gasteiger partial charge is 0.355 e. The number of aromatic amines is 2. The highest BCUT2D eigenvalue weighted by Crippen LogP contribution is 2.40. The number of amides is 2. The summed E-state index contributed by atoms with van der Waals surface area (Å²) in [6.45, 7) is 13.1. The first-order valence-electron chi connectivity index (χ1n) is 21.0. The summed E-state index contributed by atoms with van der Waals surface area (Å²) in [5.74, 6) is -3.50. The Morgan fingerprint density at radius 2 is 1.53 bits per heavy atom. The van der Waals surface area contributed by atoms with E-state index in [0.29, 0.717) is 13.0 Å². The molecule has 0 unspecified atom stereocenters. The number of hydrogen-bond acceptors (Lipinski definition) is 13. The second kappa shape index (κ2) is 19.9. The minimum atomic E-state index is -1.62. The highest BCUT2D eigenvalue weighted by molar-refractivity contribution is 5.88. The summed E-state index contributed by atoms with van der Waals surface area (Å²) >= 11 is 0. The summed E-state index contributed by atoms with van der Waals surface area (Å²) in [6, 6.07) is 6.31. The number of carbonyl (C=O) groups is 4. The van der Waals surface area contributed by atoms with E-state index < -0.39 is 78.1 Å². The van der Waals surface area contributed by atoms with Crippen LogP contribution in [0.4, 0.5) is 0 Å². The van der Waals surface area contributed by atoms with Crippen molar-refractivity contribution < 1.29 is 57.4 Å². The molecule has 336 valence electrons. The lowest BCUT2D eigenvalue weighted by molar-refractivity contribution is -0.316. The molecule has 0 saturated carbocycles. The number of aromatic nitrogens is 2. The Labute approximate surface area is 353 Å². The van der Waals surface area contributed by atoms with E-state index in [4.69, 9.17) is 33.2 Å². The molecule has 17 heteroatoms. The fraction of sp³-hybridized carbons (Fsp3) is 0.721. The maximum atomic E-state index is 14.0. The number of aliphatic hydroxyl groups is 1. The molecule has 0 bridgehead atoms. The van der Waals surface area contributed by atoms with Crippen molar-refractivity contribution in [3.63, 3.8) is 0 Å². The van der Waals surface area contributed by atoms with Gasteiger partial charge in [0, 0.05) is 58.4 Å². The van der Waals surface area contributed by atoms with Crippen molar-refractivity contribution in [2.45, 2.75) is 141 Å². The molecule has 0 spiro atoms. The number of esters is 2. The summed E-state index contributed by atoms with van der Waals surface area (Å²) in [4.78, 5) is 63.0. The molecule has 4 N–H and O–H groups in total. The summed E-state index contributed by atoms with van der Waals surface area (Å²) in [7, 11) is 7.01. The molecule has 60 heavy (non-hydrogen) atoms. The van der Waals surface area contributed by atoms with Gasteiger partial charge in [-0.3, -0.25) is 9.59 Å². The fourth-order valence-electron chi connectivity index (χ4n) is 9.12. The minimum Gasteiger partial charge on any atom is -0.452 e. The molecule has 3 saturated heterocycles. The van der Waals surface area contributed by atoms with Gasteiger partial charge in [-0.2, -0.15) is 0 Å². The Morgan fingerprint density at radius 3 is 2.12 bits per heavy atom. The number of carbonyl (C=O) groups excluding carboxylic acids is 4. The SMILES string of the molecule is CO[C@]1(C)C[C@H](O[C@H]2[C@H](C)[C@@H](O[C@@H]3O[C@H](C)C[C@H](N(C)C)[C@H]3OC(=O)c3ccc[nH]3)[C@](C)(O)C[C@@H](C)CN(C)C(=O)CCNC(=O)[C@@H]2C)O[C@@H](C)[C@@H]1OC(=O)c1ccc[nH]1. The molecule has 2 amide bonds. The van der Waals surface area contributed by atoms with Crippen molar-refractivity contribution in [2.24, 2.45) is 17.8 Å². The van der Waals surface area contributed by atoms with Gasteiger partial charge in [0.15, 0.2) is 24.8 Å². The molecular formula is C43H67N5O12. The van der Waals surface area contributed by atoms with E-state index in [9.17, 15) is 24.3 Å². The Hall–Kier alpha value is -3.84. The molecule has 14 atom stereocenters. The van der Waals surface area contributed by atoms with E-state index in [2.05, 4.69) is 15.3 Å². The Kier molecular flexibility index (Phi) is 15.7. The number of methoxy groups -OCH3 is 1. The van der Waals surface area contributed by atoms with Crippen molar-refractivity contribution >= 4 is 23.8 Å². The first-order chi connectivity index (χ1) is 28.2. The van der Waals surface area contributed by atoms with Crippen LogP contribution in [0.5, 0.6) is 0 Å². The number of nitrogens with one attached hydrogen (secondary N) is 3. The zero-order chi connectivity index (χ0) is 44.1. The largest absolute Gasteiger partial charge is 0.452 e. The van der Waals surface area contributed by atoms with Gasteiger partial charge in [0.25, 0.3) is 0 Å². The summed E-state index contributed by atoms with van der Waals surface area (Å²) in [6.07, 6.45) is -2.79. The van der Waals surface area contributed by atoms with Crippen LogP contribution in [-0.2, 0) is 42.7 Å². The zero-order valence-electron chi connectivity index (χ0n) is 37.0. The van der Waals surface area contributed by atoms with Crippen LogP contribution in [0.25, 0.3) is 0 Å². The van der Waals surface area contributed by atoms with Gasteiger partial charge in [0.2, 0.25) is 11.8 Å². The van der Waals surface area contributed by atoms with Gasteiger partial charge in [0.1, 0.15) is 17.0 Å². The van der Waals surface area contributed by atoms with E-state index in [0.717, 1.165) is 0 Å². The second-order valence-electron chi connectivity index (χ2n) is 17.7. The third-order valence-electron chi connectivity index (χ3n) is 12.3. The van der Waals surface area contributed by atoms with E-state index in [1.807, 2.05) is 46.7 Å². The molecule has 17 nitrogen and oxygen atoms in total. The molecule has 3 aliphatic heterocycles. The van der Waals surface area contributed by atoms with Crippen LogP contribution in [-0.4, -0.2) is 156 Å². The number of nitrogens with zero attached hydrogens (tertiary/aromatic N) is 2. The molecule has 5 heterocycles. The average Bonchev–Trinajstić information content (AvgIpc) is 3.93. The maximum absolute atomic E-state index is 14.0. The van der Waals surface area contributed by atoms with E-state index in [1.54, 1.807) is 69.4 Å². The third kappa shape index (κ3) is 11.2. The molecular weight excluding hydrogens is 778 g/mol. The molecule has 0 aromatic carbocycles. The predicted octanol–water partition coefficient (Wildman–Crippen LogP) is 3.50. The van der Waals surface area contributed by atoms with Gasteiger partial charge >= 0.3 is 11.9 Å². The molecule has 0 aliphatic carbocycles. The molecule has 2 aromatic heterocycles. The summed E-state index contributed by atoms with van der Waals surface area (Å²) < 4.78 is 44.8. The van der Waals surface area contributed by atoms with Gasteiger partial charge in [-0.15, -0.1) is 0 Å². The van der Waals surface area contributed by atoms with Crippen LogP contribution in [0.15, 0.2) is 36.7 Å². The Bertz CT molecular complexity index is 1720. The van der Waals surface area contributed by atoms with Crippen LogP contribution in [0.3, 0.4) is 0 Å². The zero-order valence-corrected chi connectivity index (χ0v) is 37.0. The molecule has 3 fully saturated rings. The van der Waals surface area contributed by atoms with Gasteiger partial charge in [-0.25, -0.2) is 9.59 Å². The first kappa shape index (κ1) is 47.2. The first-order valence-corrected chi connectivity index (χ1v) is 21.0. The lowest BCUT2D eigenvalue weighted by Crippen LogP contribution is -2.61. The average molecular weight is 846 g/mol. The highest BCUT2D eigenvalue weighted by atomic mass is 16.7. The van der Waals surface area contributed by atoms with E-state index >= 15 is 0 Å². The number of ether oxygens (including phenoxy) is 7. The molecule has 0 radical (unpaired) electrons. The van der Waals surface area contributed by atoms with Crippen molar-refractivity contribution in [1.29, 1.82) is 0 Å². The molecule has 3 aliphatic rings. The normalized spacial score (nSPS) is 37.6. The Morgan fingerprint density at radius 1 is 0.900 bits per heavy atom. The van der Waals surface area contributed by atoms with Crippen molar-refractivity contribution in [2.75, 3.05) is 41.3 Å². The van der Waals surface area contributed by atoms with Crippen LogP contribution in [0, 0.1) is 17.8 Å². The highest BCUT2D eigenvalue weighted by Gasteiger charge is 2.53. The minimum absolute atomic E-state index is 0.0930. The van der Waals surface area contributed by atoms with Gasteiger partial charge in [0.05, 0.1) is 42.0 Å². The second-order valence-corrected chi connectivity index (χ2v) is 17.7. The van der Waals surface area contributed by atoms with E-state index in [1.165, 1.54) is 7.11 Å². The van der Waals surface area contributed by atoms with Crippen molar-refractivity contribution in [3.8, 4) is 0 Å². The van der Waals surface area contributed by atoms with Crippen molar-refractivity contribution in [3.05, 3.63) is 48.0 Å². The quantitative estimate of drug-likeness (QED) is 0.254. The lowest BCUT2D eigenvalue weighted by Gasteiger charge is -2.49. The predicted molar refractivity (Wildman–Crippen MR) is 219 cm³/mol. The molecule has 2 aromatic rings.